The molecule has 2 heterocycles. The molecular weight excluding hydrogens is 249 g/mol. The standard InChI is InChI=1S/C16H22BNO2/c1-14(2)15(3,4)20-17(19-14)11-5-6-12-13(9-11)18-10-16(12)7-8-16/h5-6,9,18H,7-8,10H2,1-4H3. The lowest BCUT2D eigenvalue weighted by Crippen LogP contribution is -2.41. The van der Waals surface area contributed by atoms with Gasteiger partial charge in [-0.3, -0.25) is 0 Å². The summed E-state index contributed by atoms with van der Waals surface area (Å²) in [4.78, 5) is 0. The van der Waals surface area contributed by atoms with Crippen molar-refractivity contribution in [2.24, 2.45) is 0 Å². The van der Waals surface area contributed by atoms with Gasteiger partial charge in [0, 0.05) is 17.6 Å². The van der Waals surface area contributed by atoms with Crippen molar-refractivity contribution >= 4 is 18.3 Å². The van der Waals surface area contributed by atoms with E-state index in [0.717, 1.165) is 12.0 Å². The van der Waals surface area contributed by atoms with Crippen LogP contribution in [0.3, 0.4) is 0 Å². The van der Waals surface area contributed by atoms with Gasteiger partial charge < -0.3 is 14.6 Å². The summed E-state index contributed by atoms with van der Waals surface area (Å²) in [5.74, 6) is 0. The summed E-state index contributed by atoms with van der Waals surface area (Å²) < 4.78 is 12.3. The zero-order valence-corrected chi connectivity index (χ0v) is 12.7. The molecule has 1 N–H and O–H groups in total. The summed E-state index contributed by atoms with van der Waals surface area (Å²) in [6, 6.07) is 6.65. The number of hydrogen-bond acceptors (Lipinski definition) is 3. The fraction of sp³-hybridized carbons (Fsp3) is 0.625. The molecule has 1 aliphatic carbocycles. The van der Waals surface area contributed by atoms with Crippen molar-refractivity contribution < 1.29 is 9.31 Å². The average molecular weight is 271 g/mol. The fourth-order valence-corrected chi connectivity index (χ4v) is 3.25. The second-order valence-corrected chi connectivity index (χ2v) is 7.53. The first-order valence-electron chi connectivity index (χ1n) is 7.57. The Morgan fingerprint density at radius 2 is 1.70 bits per heavy atom. The SMILES string of the molecule is CC1(C)OB(c2ccc3c(c2)NCC32CC2)OC1(C)C. The second-order valence-electron chi connectivity index (χ2n) is 7.53. The van der Waals surface area contributed by atoms with Gasteiger partial charge in [-0.05, 0) is 57.6 Å². The van der Waals surface area contributed by atoms with Crippen LogP contribution in [0.2, 0.25) is 0 Å². The molecule has 0 unspecified atom stereocenters. The molecule has 1 aromatic rings. The monoisotopic (exact) mass is 271 g/mol. The Labute approximate surface area is 121 Å². The summed E-state index contributed by atoms with van der Waals surface area (Å²) >= 11 is 0. The summed E-state index contributed by atoms with van der Waals surface area (Å²) in [7, 11) is -0.261. The molecule has 0 radical (unpaired) electrons. The highest BCUT2D eigenvalue weighted by atomic mass is 16.7. The molecule has 1 aromatic carbocycles. The Morgan fingerprint density at radius 3 is 2.30 bits per heavy atom. The van der Waals surface area contributed by atoms with Crippen LogP contribution in [0.15, 0.2) is 18.2 Å². The topological polar surface area (TPSA) is 30.5 Å². The molecular formula is C16H22BNO2. The number of rotatable bonds is 1. The highest BCUT2D eigenvalue weighted by Crippen LogP contribution is 2.54. The quantitative estimate of drug-likeness (QED) is 0.796. The van der Waals surface area contributed by atoms with Gasteiger partial charge in [-0.15, -0.1) is 0 Å². The number of nitrogens with one attached hydrogen (secondary N) is 1. The third-order valence-electron chi connectivity index (χ3n) is 5.61. The summed E-state index contributed by atoms with van der Waals surface area (Å²) in [5.41, 5.74) is 3.77. The highest BCUT2D eigenvalue weighted by molar-refractivity contribution is 6.62. The van der Waals surface area contributed by atoms with Crippen LogP contribution in [0.5, 0.6) is 0 Å². The van der Waals surface area contributed by atoms with Crippen molar-refractivity contribution in [2.45, 2.75) is 57.2 Å². The largest absolute Gasteiger partial charge is 0.494 e. The van der Waals surface area contributed by atoms with Crippen molar-refractivity contribution in [3.8, 4) is 0 Å². The molecule has 4 rings (SSSR count). The van der Waals surface area contributed by atoms with E-state index in [9.17, 15) is 0 Å². The van der Waals surface area contributed by atoms with Crippen molar-refractivity contribution in [1.82, 2.24) is 0 Å². The van der Waals surface area contributed by atoms with Gasteiger partial charge in [0.2, 0.25) is 0 Å². The van der Waals surface area contributed by atoms with Crippen LogP contribution in [0, 0.1) is 0 Å². The van der Waals surface area contributed by atoms with Crippen LogP contribution in [-0.4, -0.2) is 24.9 Å². The summed E-state index contributed by atoms with van der Waals surface area (Å²) in [6.45, 7) is 9.47. The van der Waals surface area contributed by atoms with E-state index >= 15 is 0 Å². The molecule has 1 saturated carbocycles. The predicted octanol–water partition coefficient (Wildman–Crippen LogP) is 2.44. The van der Waals surface area contributed by atoms with Crippen LogP contribution in [0.1, 0.15) is 46.1 Å². The Kier molecular flexibility index (Phi) is 2.29. The van der Waals surface area contributed by atoms with E-state index < -0.39 is 0 Å². The molecule has 0 bridgehead atoms. The van der Waals surface area contributed by atoms with Crippen molar-refractivity contribution in [1.29, 1.82) is 0 Å². The van der Waals surface area contributed by atoms with Crippen LogP contribution in [-0.2, 0) is 14.7 Å². The van der Waals surface area contributed by atoms with Gasteiger partial charge in [-0.25, -0.2) is 0 Å². The normalized spacial score (nSPS) is 27.5. The number of anilines is 1. The smallest absolute Gasteiger partial charge is 0.399 e. The fourth-order valence-electron chi connectivity index (χ4n) is 3.25. The number of hydrogen-bond donors (Lipinski definition) is 1. The van der Waals surface area contributed by atoms with E-state index in [0.29, 0.717) is 5.41 Å². The first-order chi connectivity index (χ1) is 9.33. The van der Waals surface area contributed by atoms with Gasteiger partial charge in [-0.1, -0.05) is 12.1 Å². The highest BCUT2D eigenvalue weighted by Gasteiger charge is 2.53. The summed E-state index contributed by atoms with van der Waals surface area (Å²) in [6.07, 6.45) is 2.64. The molecule has 2 fully saturated rings. The van der Waals surface area contributed by atoms with E-state index in [2.05, 4.69) is 51.2 Å². The van der Waals surface area contributed by atoms with Crippen molar-refractivity contribution in [3.05, 3.63) is 23.8 Å². The van der Waals surface area contributed by atoms with Crippen molar-refractivity contribution in [3.63, 3.8) is 0 Å². The van der Waals surface area contributed by atoms with Crippen LogP contribution in [0.4, 0.5) is 5.69 Å². The maximum Gasteiger partial charge on any atom is 0.494 e. The molecule has 3 aliphatic rings. The molecule has 20 heavy (non-hydrogen) atoms. The Bertz CT molecular complexity index is 562. The van der Waals surface area contributed by atoms with Gasteiger partial charge in [0.05, 0.1) is 11.2 Å². The Hall–Kier alpha value is -0.995. The van der Waals surface area contributed by atoms with E-state index in [1.54, 1.807) is 0 Å². The minimum atomic E-state index is -0.276. The zero-order valence-electron chi connectivity index (χ0n) is 12.7. The maximum atomic E-state index is 6.13. The molecule has 0 amide bonds. The predicted molar refractivity (Wildman–Crippen MR) is 81.6 cm³/mol. The van der Waals surface area contributed by atoms with E-state index in [4.69, 9.17) is 9.31 Å². The van der Waals surface area contributed by atoms with Crippen LogP contribution < -0.4 is 10.8 Å². The molecule has 3 nitrogen and oxygen atoms in total. The molecule has 106 valence electrons. The molecule has 0 atom stereocenters. The Balaban J connectivity index is 1.65. The molecule has 2 aliphatic heterocycles. The number of fused-ring (bicyclic) bond motifs is 2. The van der Waals surface area contributed by atoms with E-state index in [1.807, 2.05) is 0 Å². The van der Waals surface area contributed by atoms with E-state index in [1.165, 1.54) is 24.1 Å². The molecule has 4 heteroatoms. The van der Waals surface area contributed by atoms with Gasteiger partial charge in [0.1, 0.15) is 0 Å². The lowest BCUT2D eigenvalue weighted by molar-refractivity contribution is 0.00578. The summed E-state index contributed by atoms with van der Waals surface area (Å²) in [5, 5.41) is 3.55. The Morgan fingerprint density at radius 1 is 1.05 bits per heavy atom. The van der Waals surface area contributed by atoms with E-state index in [-0.39, 0.29) is 18.3 Å². The second kappa shape index (κ2) is 3.60. The van der Waals surface area contributed by atoms with Gasteiger partial charge >= 0.3 is 7.12 Å². The first kappa shape index (κ1) is 12.7. The minimum Gasteiger partial charge on any atom is -0.399 e. The molecule has 0 aromatic heterocycles. The van der Waals surface area contributed by atoms with Crippen molar-refractivity contribution in [2.75, 3.05) is 11.9 Å². The maximum absolute atomic E-state index is 6.13. The lowest BCUT2D eigenvalue weighted by atomic mass is 9.78. The lowest BCUT2D eigenvalue weighted by Gasteiger charge is -2.32. The number of benzene rings is 1. The molecule has 1 spiro atoms. The van der Waals surface area contributed by atoms with Gasteiger partial charge in [-0.2, -0.15) is 0 Å². The average Bonchev–Trinajstić information content (AvgIpc) is 3.00. The molecule has 1 saturated heterocycles. The van der Waals surface area contributed by atoms with Crippen LogP contribution in [0.25, 0.3) is 0 Å². The van der Waals surface area contributed by atoms with Gasteiger partial charge in [0.25, 0.3) is 0 Å². The first-order valence-corrected chi connectivity index (χ1v) is 7.57. The van der Waals surface area contributed by atoms with Gasteiger partial charge in [0.15, 0.2) is 0 Å². The third kappa shape index (κ3) is 1.61. The minimum absolute atomic E-state index is 0.261. The third-order valence-corrected chi connectivity index (χ3v) is 5.61. The zero-order chi connectivity index (χ0) is 14.2. The van der Waals surface area contributed by atoms with Crippen LogP contribution >= 0.6 is 0 Å².